The summed E-state index contributed by atoms with van der Waals surface area (Å²) in [4.78, 5) is 11.8. The van der Waals surface area contributed by atoms with Gasteiger partial charge in [0, 0.05) is 18.0 Å². The third-order valence-corrected chi connectivity index (χ3v) is 6.11. The Morgan fingerprint density at radius 1 is 1.24 bits per heavy atom. The minimum Gasteiger partial charge on any atom is -0.494 e. The van der Waals surface area contributed by atoms with E-state index < -0.39 is 0 Å². The van der Waals surface area contributed by atoms with Gasteiger partial charge in [0.25, 0.3) is 0 Å². The number of amidine groups is 1. The molecule has 130 valence electrons. The Bertz CT molecular complexity index is 807. The fraction of sp³-hybridized carbons (Fsp3) is 0.333. The number of thioether (sulfide) groups is 1. The molecule has 1 saturated heterocycles. The quantitative estimate of drug-likeness (QED) is 0.736. The molecule has 2 aromatic rings. The Balaban J connectivity index is 1.80. The zero-order valence-corrected chi connectivity index (χ0v) is 16.1. The highest BCUT2D eigenvalue weighted by Gasteiger charge is 2.43. The van der Waals surface area contributed by atoms with E-state index in [-0.39, 0.29) is 12.1 Å². The number of methoxy groups -OCH3 is 1. The Hall–Kier alpha value is -1.43. The Morgan fingerprint density at radius 3 is 2.64 bits per heavy atom. The van der Waals surface area contributed by atoms with Crippen LogP contribution >= 0.6 is 35.0 Å². The number of rotatable bonds is 3. The molecular formula is C18H17Cl2N3OS. The van der Waals surface area contributed by atoms with Crippen molar-refractivity contribution in [3.63, 3.8) is 0 Å². The highest BCUT2D eigenvalue weighted by molar-refractivity contribution is 8.14. The van der Waals surface area contributed by atoms with E-state index >= 15 is 0 Å². The summed E-state index contributed by atoms with van der Waals surface area (Å²) in [5, 5.41) is 2.60. The van der Waals surface area contributed by atoms with Crippen LogP contribution in [0, 0.1) is 0 Å². The van der Waals surface area contributed by atoms with Crippen molar-refractivity contribution in [1.29, 1.82) is 0 Å². The molecule has 2 aliphatic rings. The van der Waals surface area contributed by atoms with Gasteiger partial charge in [-0.2, -0.15) is 0 Å². The van der Waals surface area contributed by atoms with Crippen LogP contribution in [0.2, 0.25) is 10.0 Å². The summed E-state index contributed by atoms with van der Waals surface area (Å²) >= 11 is 14.6. The molecule has 0 bridgehead atoms. The van der Waals surface area contributed by atoms with Crippen LogP contribution in [0.3, 0.4) is 0 Å². The normalized spacial score (nSPS) is 25.0. The first-order valence-electron chi connectivity index (χ1n) is 8.03. The van der Waals surface area contributed by atoms with E-state index in [4.69, 9.17) is 32.9 Å². The highest BCUT2D eigenvalue weighted by atomic mass is 35.5. The van der Waals surface area contributed by atoms with Crippen molar-refractivity contribution in [2.24, 2.45) is 4.99 Å². The Labute approximate surface area is 161 Å². The van der Waals surface area contributed by atoms with Crippen molar-refractivity contribution in [1.82, 2.24) is 9.88 Å². The fourth-order valence-corrected chi connectivity index (χ4v) is 5.17. The molecule has 1 aromatic heterocycles. The van der Waals surface area contributed by atoms with Gasteiger partial charge in [-0.05, 0) is 29.8 Å². The van der Waals surface area contributed by atoms with Crippen molar-refractivity contribution < 1.29 is 4.74 Å². The second-order valence-electron chi connectivity index (χ2n) is 6.15. The highest BCUT2D eigenvalue weighted by Crippen LogP contribution is 2.49. The van der Waals surface area contributed by atoms with Crippen LogP contribution < -0.4 is 4.74 Å². The van der Waals surface area contributed by atoms with Crippen LogP contribution in [0.25, 0.3) is 0 Å². The summed E-state index contributed by atoms with van der Waals surface area (Å²) in [5.74, 6) is 0.504. The summed E-state index contributed by atoms with van der Waals surface area (Å²) in [6, 6.07) is 9.75. The molecule has 0 spiro atoms. The minimum absolute atomic E-state index is 0.0308. The molecule has 4 rings (SSSR count). The lowest BCUT2D eigenvalue weighted by Gasteiger charge is -2.28. The second-order valence-corrected chi connectivity index (χ2v) is 8.37. The van der Waals surface area contributed by atoms with Gasteiger partial charge in [-0.1, -0.05) is 48.0 Å². The van der Waals surface area contributed by atoms with E-state index in [9.17, 15) is 0 Å². The number of hydrogen-bond donors (Lipinski definition) is 0. The van der Waals surface area contributed by atoms with Gasteiger partial charge in [0.1, 0.15) is 6.04 Å². The first-order valence-corrected chi connectivity index (χ1v) is 9.67. The van der Waals surface area contributed by atoms with Crippen molar-refractivity contribution in [2.75, 3.05) is 13.7 Å². The standard InChI is InChI=1S/C18H17Cl2N3OS/c1-10-9-23-16(11-7-12(19)17(24-2)13(20)8-11)15(22-18(23)25-10)14-5-3-4-6-21-14/h3-8,10,15-16H,9H2,1-2H3/t10-,15+,16-/m1/s1. The van der Waals surface area contributed by atoms with Crippen molar-refractivity contribution in [3.8, 4) is 5.75 Å². The summed E-state index contributed by atoms with van der Waals surface area (Å²) in [5.41, 5.74) is 1.98. The minimum atomic E-state index is -0.0725. The van der Waals surface area contributed by atoms with Crippen LogP contribution in [0.4, 0.5) is 0 Å². The molecule has 3 atom stereocenters. The zero-order valence-electron chi connectivity index (χ0n) is 13.8. The van der Waals surface area contributed by atoms with E-state index in [2.05, 4.69) is 16.8 Å². The Kier molecular flexibility index (Phi) is 4.56. The van der Waals surface area contributed by atoms with Crippen LogP contribution in [0.5, 0.6) is 5.75 Å². The third kappa shape index (κ3) is 2.98. The number of pyridine rings is 1. The summed E-state index contributed by atoms with van der Waals surface area (Å²) in [7, 11) is 1.57. The maximum absolute atomic E-state index is 6.39. The van der Waals surface area contributed by atoms with Gasteiger partial charge in [0.2, 0.25) is 0 Å². The molecule has 2 aliphatic heterocycles. The molecule has 0 radical (unpaired) electrons. The maximum Gasteiger partial charge on any atom is 0.160 e. The average molecular weight is 394 g/mol. The summed E-state index contributed by atoms with van der Waals surface area (Å²) < 4.78 is 5.29. The van der Waals surface area contributed by atoms with Gasteiger partial charge in [-0.3, -0.25) is 9.98 Å². The lowest BCUT2D eigenvalue weighted by molar-refractivity contribution is 0.321. The Morgan fingerprint density at radius 2 is 2.00 bits per heavy atom. The van der Waals surface area contributed by atoms with Crippen molar-refractivity contribution >= 4 is 40.1 Å². The smallest absolute Gasteiger partial charge is 0.160 e. The SMILES string of the molecule is COc1c(Cl)cc([C@@H]2[C@H](c3ccccn3)N=C3S[C@H](C)CN32)cc1Cl. The second kappa shape index (κ2) is 6.71. The number of ether oxygens (including phenoxy) is 1. The van der Waals surface area contributed by atoms with Crippen LogP contribution in [0.15, 0.2) is 41.5 Å². The fourth-order valence-electron chi connectivity index (χ4n) is 3.42. The molecule has 3 heterocycles. The maximum atomic E-state index is 6.39. The molecule has 1 fully saturated rings. The van der Waals surface area contributed by atoms with Gasteiger partial charge in [0.15, 0.2) is 10.9 Å². The van der Waals surface area contributed by atoms with Gasteiger partial charge in [-0.25, -0.2) is 0 Å². The summed E-state index contributed by atoms with van der Waals surface area (Å²) in [6.45, 7) is 3.16. The molecule has 25 heavy (non-hydrogen) atoms. The van der Waals surface area contributed by atoms with E-state index in [1.807, 2.05) is 30.3 Å². The molecule has 7 heteroatoms. The molecule has 0 unspecified atom stereocenters. The van der Waals surface area contributed by atoms with Gasteiger partial charge >= 0.3 is 0 Å². The number of aromatic nitrogens is 1. The van der Waals surface area contributed by atoms with Crippen molar-refractivity contribution in [2.45, 2.75) is 24.3 Å². The average Bonchev–Trinajstić information content (AvgIpc) is 3.11. The third-order valence-electron chi connectivity index (χ3n) is 4.45. The monoisotopic (exact) mass is 393 g/mol. The van der Waals surface area contributed by atoms with Crippen LogP contribution in [0.1, 0.15) is 30.3 Å². The number of hydrogen-bond acceptors (Lipinski definition) is 5. The number of benzene rings is 1. The molecule has 0 saturated carbocycles. The van der Waals surface area contributed by atoms with Gasteiger partial charge in [0.05, 0.1) is 28.9 Å². The first-order chi connectivity index (χ1) is 12.1. The molecule has 1 aromatic carbocycles. The van der Waals surface area contributed by atoms with Gasteiger partial charge < -0.3 is 9.64 Å². The van der Waals surface area contributed by atoms with E-state index in [1.54, 1.807) is 25.1 Å². The first kappa shape index (κ1) is 17.0. The van der Waals surface area contributed by atoms with E-state index in [1.165, 1.54) is 0 Å². The summed E-state index contributed by atoms with van der Waals surface area (Å²) in [6.07, 6.45) is 1.81. The number of aliphatic imine (C=N–C) groups is 1. The van der Waals surface area contributed by atoms with Crippen molar-refractivity contribution in [3.05, 3.63) is 57.8 Å². The predicted molar refractivity (Wildman–Crippen MR) is 104 cm³/mol. The van der Waals surface area contributed by atoms with Gasteiger partial charge in [-0.15, -0.1) is 0 Å². The number of nitrogens with zero attached hydrogens (tertiary/aromatic N) is 3. The largest absolute Gasteiger partial charge is 0.494 e. The number of halogens is 2. The lowest BCUT2D eigenvalue weighted by atomic mass is 9.96. The molecule has 0 aliphatic carbocycles. The lowest BCUT2D eigenvalue weighted by Crippen LogP contribution is -2.28. The predicted octanol–water partition coefficient (Wildman–Crippen LogP) is 4.99. The number of fused-ring (bicyclic) bond motifs is 1. The molecule has 0 amide bonds. The van der Waals surface area contributed by atoms with Crippen LogP contribution in [-0.2, 0) is 0 Å². The van der Waals surface area contributed by atoms with E-state index in [0.717, 1.165) is 23.0 Å². The van der Waals surface area contributed by atoms with E-state index in [0.29, 0.717) is 21.0 Å². The van der Waals surface area contributed by atoms with Crippen LogP contribution in [-0.4, -0.2) is 34.0 Å². The molecular weight excluding hydrogens is 377 g/mol. The topological polar surface area (TPSA) is 37.7 Å². The molecule has 4 nitrogen and oxygen atoms in total. The zero-order chi connectivity index (χ0) is 17.6. The molecule has 0 N–H and O–H groups in total.